The number of fused-ring (bicyclic) bond motifs is 1. The maximum atomic E-state index is 13.5. The zero-order valence-corrected chi connectivity index (χ0v) is 17.4. The van der Waals surface area contributed by atoms with E-state index >= 15 is 0 Å². The third-order valence-corrected chi connectivity index (χ3v) is 6.85. The molecule has 0 saturated carbocycles. The van der Waals surface area contributed by atoms with Crippen LogP contribution in [0.25, 0.3) is 21.8 Å². The summed E-state index contributed by atoms with van der Waals surface area (Å²) in [4.78, 5) is 28.7. The van der Waals surface area contributed by atoms with Crippen LogP contribution in [0.5, 0.6) is 0 Å². The second kappa shape index (κ2) is 7.15. The monoisotopic (exact) mass is 427 g/mol. The maximum absolute atomic E-state index is 13.5. The minimum Gasteiger partial charge on any atom is -0.359 e. The molecule has 1 fully saturated rings. The van der Waals surface area contributed by atoms with E-state index in [4.69, 9.17) is 0 Å². The highest BCUT2D eigenvalue weighted by Crippen LogP contribution is 2.34. The smallest absolute Gasteiger partial charge is 0.254 e. The molecule has 1 atom stereocenters. The van der Waals surface area contributed by atoms with Crippen LogP contribution in [0.2, 0.25) is 0 Å². The summed E-state index contributed by atoms with van der Waals surface area (Å²) < 4.78 is 4.59. The van der Waals surface area contributed by atoms with Gasteiger partial charge in [-0.15, -0.1) is 0 Å². The van der Waals surface area contributed by atoms with Gasteiger partial charge in [0.05, 0.1) is 0 Å². The Morgan fingerprint density at radius 2 is 1.94 bits per heavy atom. The molecule has 0 spiro atoms. The van der Waals surface area contributed by atoms with Crippen LogP contribution in [0.4, 0.5) is 0 Å². The minimum absolute atomic E-state index is 0.109. The third-order valence-electron chi connectivity index (χ3n) is 6.85. The van der Waals surface area contributed by atoms with Crippen LogP contribution >= 0.6 is 0 Å². The Kier molecular flexibility index (Phi) is 4.24. The molecule has 2 heterocycles. The van der Waals surface area contributed by atoms with Gasteiger partial charge < -0.3 is 10.1 Å². The molecule has 1 aliphatic heterocycles. The van der Waals surface area contributed by atoms with Crippen LogP contribution in [-0.4, -0.2) is 34.8 Å². The van der Waals surface area contributed by atoms with Crippen LogP contribution < -0.4 is 4.90 Å². The first-order valence-electron chi connectivity index (χ1n) is 11.0. The lowest BCUT2D eigenvalue weighted by atomic mass is 9.87. The van der Waals surface area contributed by atoms with Crippen molar-refractivity contribution in [2.45, 2.75) is 25.7 Å². The van der Waals surface area contributed by atoms with Crippen molar-refractivity contribution < 1.29 is 19.1 Å². The molecule has 0 N–H and O–H groups in total. The van der Waals surface area contributed by atoms with Gasteiger partial charge in [-0.25, -0.2) is 0 Å². The summed E-state index contributed by atoms with van der Waals surface area (Å²) in [6.45, 7) is 0.990. The average molecular weight is 427 g/mol. The fourth-order valence-corrected chi connectivity index (χ4v) is 5.25. The SMILES string of the molecule is O=C(c1ccc2c3c(cccc13)CC2)C1CCCN(C(=O)c2ccc3c(c2)no[n+]3[O-])C1. The molecule has 4 aromatic rings. The zero-order valence-electron chi connectivity index (χ0n) is 17.4. The number of carbonyl (C=O) groups is 2. The molecule has 6 rings (SSSR count). The van der Waals surface area contributed by atoms with E-state index in [9.17, 15) is 14.8 Å². The quantitative estimate of drug-likeness (QED) is 0.369. The number of rotatable bonds is 3. The molecule has 7 nitrogen and oxygen atoms in total. The molecular weight excluding hydrogens is 406 g/mol. The van der Waals surface area contributed by atoms with E-state index in [1.807, 2.05) is 18.2 Å². The molecular formula is C25H21N3O4. The van der Waals surface area contributed by atoms with Crippen molar-refractivity contribution in [1.29, 1.82) is 0 Å². The molecule has 0 radical (unpaired) electrons. The first-order chi connectivity index (χ1) is 15.6. The zero-order chi connectivity index (χ0) is 21.8. The highest BCUT2D eigenvalue weighted by Gasteiger charge is 2.31. The number of hydrogen-bond acceptors (Lipinski definition) is 5. The molecule has 3 aromatic carbocycles. The van der Waals surface area contributed by atoms with E-state index < -0.39 is 0 Å². The standard InChI is InChI=1S/C25H21N3O4/c29-24(20-10-8-16-7-6-15-3-1-5-19(20)23(15)16)18-4-2-12-27(14-18)25(30)17-9-11-22-21(13-17)26-32-28(22)31/h1,3,5,8-11,13,18H,2,4,6-7,12,14H2. The van der Waals surface area contributed by atoms with Crippen molar-refractivity contribution >= 4 is 33.5 Å². The Labute approximate surface area is 183 Å². The van der Waals surface area contributed by atoms with E-state index in [0.29, 0.717) is 29.1 Å². The second-order valence-corrected chi connectivity index (χ2v) is 8.70. The lowest BCUT2D eigenvalue weighted by Gasteiger charge is -2.32. The fourth-order valence-electron chi connectivity index (χ4n) is 5.25. The summed E-state index contributed by atoms with van der Waals surface area (Å²) >= 11 is 0. The van der Waals surface area contributed by atoms with Crippen molar-refractivity contribution in [2.75, 3.05) is 13.1 Å². The van der Waals surface area contributed by atoms with Crippen LogP contribution in [0.15, 0.2) is 53.2 Å². The Balaban J connectivity index is 1.28. The lowest BCUT2D eigenvalue weighted by molar-refractivity contribution is -0.782. The van der Waals surface area contributed by atoms with Crippen LogP contribution in [0.1, 0.15) is 44.7 Å². The van der Waals surface area contributed by atoms with Crippen molar-refractivity contribution in [3.63, 3.8) is 0 Å². The topological polar surface area (TPSA) is 90.4 Å². The van der Waals surface area contributed by atoms with Gasteiger partial charge in [0.25, 0.3) is 5.91 Å². The molecule has 32 heavy (non-hydrogen) atoms. The van der Waals surface area contributed by atoms with Crippen LogP contribution in [0, 0.1) is 11.1 Å². The summed E-state index contributed by atoms with van der Waals surface area (Å²) in [5.41, 5.74) is 4.44. The Bertz CT molecular complexity index is 1400. The second-order valence-electron chi connectivity index (χ2n) is 8.70. The number of benzene rings is 3. The number of piperidine rings is 1. The van der Waals surface area contributed by atoms with Gasteiger partial charge in [0.1, 0.15) is 0 Å². The normalized spacial score (nSPS) is 17.9. The summed E-state index contributed by atoms with van der Waals surface area (Å²) in [6, 6.07) is 15.0. The molecule has 1 amide bonds. The summed E-state index contributed by atoms with van der Waals surface area (Å²) in [5, 5.41) is 17.5. The fraction of sp³-hybridized carbons (Fsp3) is 0.280. The molecule has 0 bridgehead atoms. The first kappa shape index (κ1) is 19.0. The average Bonchev–Trinajstić information content (AvgIpc) is 3.43. The highest BCUT2D eigenvalue weighted by molar-refractivity contribution is 6.11. The van der Waals surface area contributed by atoms with Gasteiger partial charge in [-0.1, -0.05) is 30.3 Å². The Hall–Kier alpha value is -3.74. The van der Waals surface area contributed by atoms with Crippen LogP contribution in [-0.2, 0) is 12.8 Å². The largest absolute Gasteiger partial charge is 0.359 e. The molecule has 1 saturated heterocycles. The number of amides is 1. The van der Waals surface area contributed by atoms with E-state index in [0.717, 1.165) is 36.6 Å². The predicted molar refractivity (Wildman–Crippen MR) is 117 cm³/mol. The molecule has 1 aromatic heterocycles. The van der Waals surface area contributed by atoms with Gasteiger partial charge in [0.2, 0.25) is 11.0 Å². The Morgan fingerprint density at radius 1 is 1.09 bits per heavy atom. The van der Waals surface area contributed by atoms with E-state index in [1.54, 1.807) is 17.0 Å². The summed E-state index contributed by atoms with van der Waals surface area (Å²) in [5.74, 6) is -0.284. The van der Waals surface area contributed by atoms with Gasteiger partial charge in [-0.3, -0.25) is 14.2 Å². The predicted octanol–water partition coefficient (Wildman–Crippen LogP) is 3.45. The van der Waals surface area contributed by atoms with Crippen LogP contribution in [0.3, 0.4) is 0 Å². The van der Waals surface area contributed by atoms with Gasteiger partial charge in [0.15, 0.2) is 5.78 Å². The molecule has 1 aliphatic carbocycles. The van der Waals surface area contributed by atoms with Gasteiger partial charge in [-0.2, -0.15) is 0 Å². The number of aromatic nitrogens is 2. The molecule has 2 aliphatic rings. The molecule has 1 unspecified atom stereocenters. The summed E-state index contributed by atoms with van der Waals surface area (Å²) in [7, 11) is 0. The van der Waals surface area contributed by atoms with Crippen molar-refractivity contribution in [3.8, 4) is 0 Å². The van der Waals surface area contributed by atoms with Gasteiger partial charge in [-0.05, 0) is 64.6 Å². The number of ketones is 1. The number of aryl methyl sites for hydroxylation is 2. The minimum atomic E-state index is -0.231. The number of Topliss-reactive ketones (excluding diaryl/α,β-unsaturated/α-hetero) is 1. The third kappa shape index (κ3) is 2.88. The van der Waals surface area contributed by atoms with Crippen molar-refractivity contribution in [2.24, 2.45) is 5.92 Å². The van der Waals surface area contributed by atoms with Crippen molar-refractivity contribution in [1.82, 2.24) is 10.1 Å². The van der Waals surface area contributed by atoms with E-state index in [-0.39, 0.29) is 23.1 Å². The highest BCUT2D eigenvalue weighted by atomic mass is 16.8. The van der Waals surface area contributed by atoms with E-state index in [2.05, 4.69) is 21.9 Å². The number of hydrogen-bond donors (Lipinski definition) is 0. The lowest BCUT2D eigenvalue weighted by Crippen LogP contribution is -2.42. The number of likely N-dealkylation sites (tertiary alicyclic amines) is 1. The number of nitrogens with zero attached hydrogens (tertiary/aromatic N) is 3. The number of carbonyl (C=O) groups excluding carboxylic acids is 2. The maximum Gasteiger partial charge on any atom is 0.254 e. The van der Waals surface area contributed by atoms with E-state index in [1.165, 1.54) is 22.6 Å². The molecule has 160 valence electrons. The first-order valence-corrected chi connectivity index (χ1v) is 11.0. The molecule has 7 heteroatoms. The van der Waals surface area contributed by atoms with Gasteiger partial charge >= 0.3 is 0 Å². The summed E-state index contributed by atoms with van der Waals surface area (Å²) in [6.07, 6.45) is 3.59. The Morgan fingerprint density at radius 3 is 2.81 bits per heavy atom. The van der Waals surface area contributed by atoms with Gasteiger partial charge in [0, 0.05) is 41.4 Å². The van der Waals surface area contributed by atoms with Crippen molar-refractivity contribution in [3.05, 3.63) is 76.0 Å².